The highest BCUT2D eigenvalue weighted by atomic mass is 32.2. The standard InChI is InChI=1S/C25H32N2O5S/c1-18-15-27(19(2)17-28)33(30,31)25-13-12-22(11-10-21-8-6-5-7-9-21)14-23(25)32-24(18)16-26(4)20(3)29/h5-14,18-19,24,28H,15-17H2,1-4H3/b11-10+/t18-,19-,24+/m1/s1. The Bertz CT molecular complexity index is 1100. The molecule has 1 N–H and O–H groups in total. The lowest BCUT2D eigenvalue weighted by atomic mass is 10.0. The first-order valence-electron chi connectivity index (χ1n) is 11.0. The number of sulfonamides is 1. The molecule has 0 spiro atoms. The number of fused-ring (bicyclic) bond motifs is 1. The van der Waals surface area contributed by atoms with Crippen molar-refractivity contribution in [3.63, 3.8) is 0 Å². The van der Waals surface area contributed by atoms with E-state index in [9.17, 15) is 18.3 Å². The van der Waals surface area contributed by atoms with Gasteiger partial charge in [0.15, 0.2) is 0 Å². The van der Waals surface area contributed by atoms with E-state index in [1.54, 1.807) is 37.1 Å². The fourth-order valence-electron chi connectivity index (χ4n) is 3.72. The molecule has 2 aromatic carbocycles. The lowest BCUT2D eigenvalue weighted by Crippen LogP contribution is -2.50. The summed E-state index contributed by atoms with van der Waals surface area (Å²) >= 11 is 0. The van der Waals surface area contributed by atoms with Crippen LogP contribution in [0.25, 0.3) is 12.2 Å². The number of nitrogens with zero attached hydrogens (tertiary/aromatic N) is 2. The van der Waals surface area contributed by atoms with Gasteiger partial charge in [0.2, 0.25) is 15.9 Å². The molecule has 3 rings (SSSR count). The summed E-state index contributed by atoms with van der Waals surface area (Å²) in [5.74, 6) is -0.0677. The molecule has 0 fully saturated rings. The van der Waals surface area contributed by atoms with Crippen LogP contribution in [0, 0.1) is 5.92 Å². The molecule has 0 saturated heterocycles. The van der Waals surface area contributed by atoms with E-state index < -0.39 is 22.2 Å². The molecule has 1 aliphatic rings. The first kappa shape index (κ1) is 25.0. The summed E-state index contributed by atoms with van der Waals surface area (Å²) < 4.78 is 34.6. The van der Waals surface area contributed by atoms with Crippen molar-refractivity contribution in [2.24, 2.45) is 5.92 Å². The van der Waals surface area contributed by atoms with E-state index in [0.717, 1.165) is 11.1 Å². The molecule has 1 amide bonds. The van der Waals surface area contributed by atoms with E-state index in [2.05, 4.69) is 0 Å². The van der Waals surface area contributed by atoms with Gasteiger partial charge in [-0.05, 0) is 30.2 Å². The fraction of sp³-hybridized carbons (Fsp3) is 0.400. The number of ether oxygens (including phenoxy) is 1. The van der Waals surface area contributed by atoms with Gasteiger partial charge >= 0.3 is 0 Å². The number of carbonyl (C=O) groups is 1. The summed E-state index contributed by atoms with van der Waals surface area (Å²) in [7, 11) is -2.20. The second kappa shape index (κ2) is 10.5. The number of hydrogen-bond donors (Lipinski definition) is 1. The summed E-state index contributed by atoms with van der Waals surface area (Å²) in [5.41, 5.74) is 1.82. The molecule has 8 heteroatoms. The van der Waals surface area contributed by atoms with E-state index in [4.69, 9.17) is 4.74 Å². The number of amides is 1. The van der Waals surface area contributed by atoms with Crippen molar-refractivity contribution in [2.45, 2.75) is 37.8 Å². The topological polar surface area (TPSA) is 87.2 Å². The number of rotatable bonds is 6. The Balaban J connectivity index is 2.06. The Labute approximate surface area is 196 Å². The second-order valence-corrected chi connectivity index (χ2v) is 10.4. The van der Waals surface area contributed by atoms with Gasteiger partial charge in [0, 0.05) is 32.5 Å². The van der Waals surface area contributed by atoms with Crippen molar-refractivity contribution in [3.8, 4) is 5.75 Å². The molecule has 0 aromatic heterocycles. The SMILES string of the molecule is CC(=O)N(C)C[C@@H]1Oc2cc(/C=C/c3ccccc3)ccc2S(=O)(=O)N([C@H](C)CO)C[C@H]1C. The van der Waals surface area contributed by atoms with Crippen LogP contribution in [0.3, 0.4) is 0 Å². The minimum Gasteiger partial charge on any atom is -0.487 e. The molecule has 0 bridgehead atoms. The Morgan fingerprint density at radius 1 is 1.21 bits per heavy atom. The number of hydrogen-bond acceptors (Lipinski definition) is 5. The van der Waals surface area contributed by atoms with Crippen LogP contribution in [-0.2, 0) is 14.8 Å². The number of carbonyl (C=O) groups excluding carboxylic acids is 1. The van der Waals surface area contributed by atoms with E-state index in [-0.39, 0.29) is 35.6 Å². The molecule has 7 nitrogen and oxygen atoms in total. The number of aliphatic hydroxyl groups excluding tert-OH is 1. The molecule has 0 unspecified atom stereocenters. The molecule has 0 saturated carbocycles. The van der Waals surface area contributed by atoms with Gasteiger partial charge in [0.1, 0.15) is 16.7 Å². The fourth-order valence-corrected chi connectivity index (χ4v) is 5.54. The van der Waals surface area contributed by atoms with Gasteiger partial charge in [-0.15, -0.1) is 0 Å². The molecule has 178 valence electrons. The molecular weight excluding hydrogens is 440 g/mol. The van der Waals surface area contributed by atoms with Crippen molar-refractivity contribution >= 4 is 28.1 Å². The van der Waals surface area contributed by atoms with Gasteiger partial charge < -0.3 is 14.7 Å². The van der Waals surface area contributed by atoms with Crippen LogP contribution in [0.4, 0.5) is 0 Å². The summed E-state index contributed by atoms with van der Waals surface area (Å²) in [6.45, 7) is 5.27. The minimum atomic E-state index is -3.90. The molecule has 3 atom stereocenters. The molecule has 2 aromatic rings. The third-order valence-electron chi connectivity index (χ3n) is 5.95. The van der Waals surface area contributed by atoms with Crippen molar-refractivity contribution in [3.05, 3.63) is 59.7 Å². The number of likely N-dealkylation sites (N-methyl/N-ethyl adjacent to an activating group) is 1. The van der Waals surface area contributed by atoms with Crippen molar-refractivity contribution in [2.75, 3.05) is 26.7 Å². The number of benzene rings is 2. The van der Waals surface area contributed by atoms with Crippen LogP contribution in [-0.4, -0.2) is 67.5 Å². The van der Waals surface area contributed by atoms with Gasteiger partial charge in [-0.2, -0.15) is 4.31 Å². The van der Waals surface area contributed by atoms with E-state index in [1.165, 1.54) is 11.2 Å². The maximum absolute atomic E-state index is 13.5. The lowest BCUT2D eigenvalue weighted by molar-refractivity contribution is -0.129. The van der Waals surface area contributed by atoms with Gasteiger partial charge in [-0.1, -0.05) is 55.5 Å². The van der Waals surface area contributed by atoms with Crippen LogP contribution >= 0.6 is 0 Å². The molecule has 1 heterocycles. The van der Waals surface area contributed by atoms with E-state index in [1.807, 2.05) is 49.4 Å². The number of aliphatic hydroxyl groups is 1. The highest BCUT2D eigenvalue weighted by Crippen LogP contribution is 2.34. The van der Waals surface area contributed by atoms with Crippen LogP contribution < -0.4 is 4.74 Å². The van der Waals surface area contributed by atoms with Gasteiger partial charge in [0.25, 0.3) is 0 Å². The van der Waals surface area contributed by atoms with Crippen molar-refractivity contribution < 1.29 is 23.1 Å². The van der Waals surface area contributed by atoms with Crippen LogP contribution in [0.1, 0.15) is 31.9 Å². The third-order valence-corrected chi connectivity index (χ3v) is 7.97. The largest absolute Gasteiger partial charge is 0.487 e. The van der Waals surface area contributed by atoms with Crippen LogP contribution in [0.5, 0.6) is 5.75 Å². The highest BCUT2D eigenvalue weighted by Gasteiger charge is 2.38. The first-order chi connectivity index (χ1) is 15.6. The molecule has 33 heavy (non-hydrogen) atoms. The zero-order valence-electron chi connectivity index (χ0n) is 19.5. The summed E-state index contributed by atoms with van der Waals surface area (Å²) in [5, 5.41) is 9.72. The Hall–Kier alpha value is -2.68. The third kappa shape index (κ3) is 5.82. The predicted octanol–water partition coefficient (Wildman–Crippen LogP) is 3.10. The maximum atomic E-state index is 13.5. The van der Waals surface area contributed by atoms with Crippen LogP contribution in [0.2, 0.25) is 0 Å². The lowest BCUT2D eigenvalue weighted by Gasteiger charge is -2.37. The summed E-state index contributed by atoms with van der Waals surface area (Å²) in [6.07, 6.45) is 3.43. The smallest absolute Gasteiger partial charge is 0.247 e. The van der Waals surface area contributed by atoms with Crippen molar-refractivity contribution in [1.29, 1.82) is 0 Å². The molecule has 0 radical (unpaired) electrons. The zero-order chi connectivity index (χ0) is 24.2. The summed E-state index contributed by atoms with van der Waals surface area (Å²) in [4.78, 5) is 13.5. The van der Waals surface area contributed by atoms with Gasteiger partial charge in [0.05, 0.1) is 13.2 Å². The second-order valence-electron chi connectivity index (χ2n) is 8.59. The van der Waals surface area contributed by atoms with Crippen molar-refractivity contribution in [1.82, 2.24) is 9.21 Å². The monoisotopic (exact) mass is 472 g/mol. The highest BCUT2D eigenvalue weighted by molar-refractivity contribution is 7.89. The van der Waals surface area contributed by atoms with E-state index >= 15 is 0 Å². The normalized spacial score (nSPS) is 21.5. The summed E-state index contributed by atoms with van der Waals surface area (Å²) in [6, 6.07) is 14.2. The maximum Gasteiger partial charge on any atom is 0.247 e. The van der Waals surface area contributed by atoms with Gasteiger partial charge in [-0.25, -0.2) is 8.42 Å². The molecule has 0 aliphatic carbocycles. The minimum absolute atomic E-state index is 0.0574. The Morgan fingerprint density at radius 3 is 2.52 bits per heavy atom. The van der Waals surface area contributed by atoms with Crippen LogP contribution in [0.15, 0.2) is 53.4 Å². The molecular formula is C25H32N2O5S. The Morgan fingerprint density at radius 2 is 1.88 bits per heavy atom. The average molecular weight is 473 g/mol. The quantitative estimate of drug-likeness (QED) is 0.653. The molecule has 1 aliphatic heterocycles. The van der Waals surface area contributed by atoms with E-state index in [0.29, 0.717) is 6.54 Å². The first-order valence-corrected chi connectivity index (χ1v) is 12.5. The Kier molecular flexibility index (Phi) is 7.94. The van der Waals surface area contributed by atoms with Gasteiger partial charge in [-0.3, -0.25) is 4.79 Å². The zero-order valence-corrected chi connectivity index (χ0v) is 20.3. The average Bonchev–Trinajstić information content (AvgIpc) is 2.79. The predicted molar refractivity (Wildman–Crippen MR) is 129 cm³/mol.